The van der Waals surface area contributed by atoms with E-state index in [0.717, 1.165) is 31.9 Å². The summed E-state index contributed by atoms with van der Waals surface area (Å²) in [6.45, 7) is 3.45. The highest BCUT2D eigenvalue weighted by Gasteiger charge is 2.22. The maximum atomic E-state index is 12.5. The van der Waals surface area contributed by atoms with Crippen molar-refractivity contribution in [1.82, 2.24) is 14.8 Å². The third kappa shape index (κ3) is 3.53. The number of aromatic nitrogens is 1. The monoisotopic (exact) mass is 288 g/mol. The van der Waals surface area contributed by atoms with E-state index in [0.29, 0.717) is 11.7 Å². The van der Waals surface area contributed by atoms with Gasteiger partial charge in [0.15, 0.2) is 0 Å². The number of pyridine rings is 1. The SMILES string of the molecule is CN1CCN(C(=O)c2cc(NC3CCCC3)ccn2)CC1. The maximum Gasteiger partial charge on any atom is 0.272 e. The molecule has 0 radical (unpaired) electrons. The molecule has 114 valence electrons. The fourth-order valence-electron chi connectivity index (χ4n) is 3.11. The van der Waals surface area contributed by atoms with Crippen LogP contribution in [0.4, 0.5) is 5.69 Å². The fraction of sp³-hybridized carbons (Fsp3) is 0.625. The van der Waals surface area contributed by atoms with Crippen LogP contribution in [-0.4, -0.2) is 60.0 Å². The molecule has 1 saturated carbocycles. The average Bonchev–Trinajstić information content (AvgIpc) is 3.00. The molecule has 1 aliphatic heterocycles. The number of nitrogens with zero attached hydrogens (tertiary/aromatic N) is 3. The Kier molecular flexibility index (Phi) is 4.39. The number of piperazine rings is 1. The number of hydrogen-bond donors (Lipinski definition) is 1. The van der Waals surface area contributed by atoms with Gasteiger partial charge in [-0.15, -0.1) is 0 Å². The molecular weight excluding hydrogens is 264 g/mol. The second kappa shape index (κ2) is 6.43. The predicted molar refractivity (Wildman–Crippen MR) is 83.5 cm³/mol. The highest BCUT2D eigenvalue weighted by molar-refractivity contribution is 5.93. The summed E-state index contributed by atoms with van der Waals surface area (Å²) in [6, 6.07) is 4.41. The molecule has 2 heterocycles. The van der Waals surface area contributed by atoms with Gasteiger partial charge in [-0.25, -0.2) is 0 Å². The molecule has 5 heteroatoms. The standard InChI is InChI=1S/C16H24N4O/c1-19-8-10-20(11-9-19)16(21)15-12-14(6-7-17-15)18-13-4-2-3-5-13/h6-7,12-13H,2-5,8-11H2,1H3,(H,17,18). The predicted octanol–water partition coefficient (Wildman–Crippen LogP) is 1.82. The van der Waals surface area contributed by atoms with Crippen LogP contribution in [0.3, 0.4) is 0 Å². The van der Waals surface area contributed by atoms with E-state index >= 15 is 0 Å². The molecule has 0 aromatic carbocycles. The molecular formula is C16H24N4O. The lowest BCUT2D eigenvalue weighted by Gasteiger charge is -2.32. The van der Waals surface area contributed by atoms with Crippen molar-refractivity contribution in [1.29, 1.82) is 0 Å². The Morgan fingerprint density at radius 2 is 1.95 bits per heavy atom. The lowest BCUT2D eigenvalue weighted by molar-refractivity contribution is 0.0658. The van der Waals surface area contributed by atoms with Gasteiger partial charge in [-0.1, -0.05) is 12.8 Å². The number of likely N-dealkylation sites (N-methyl/N-ethyl adjacent to an activating group) is 1. The van der Waals surface area contributed by atoms with Gasteiger partial charge in [0.1, 0.15) is 5.69 Å². The Morgan fingerprint density at radius 1 is 1.24 bits per heavy atom. The molecule has 1 amide bonds. The van der Waals surface area contributed by atoms with Crippen molar-refractivity contribution < 1.29 is 4.79 Å². The summed E-state index contributed by atoms with van der Waals surface area (Å²) in [5, 5.41) is 3.53. The van der Waals surface area contributed by atoms with E-state index in [4.69, 9.17) is 0 Å². The number of carbonyl (C=O) groups excluding carboxylic acids is 1. The zero-order valence-electron chi connectivity index (χ0n) is 12.7. The molecule has 0 unspecified atom stereocenters. The first-order valence-corrected chi connectivity index (χ1v) is 7.93. The second-order valence-corrected chi connectivity index (χ2v) is 6.15. The Labute approximate surface area is 126 Å². The summed E-state index contributed by atoms with van der Waals surface area (Å²) < 4.78 is 0. The highest BCUT2D eigenvalue weighted by atomic mass is 16.2. The normalized spacial score (nSPS) is 20.7. The van der Waals surface area contributed by atoms with Gasteiger partial charge in [0, 0.05) is 44.1 Å². The van der Waals surface area contributed by atoms with Crippen LogP contribution in [0, 0.1) is 0 Å². The van der Waals surface area contributed by atoms with Crippen molar-refractivity contribution in [2.45, 2.75) is 31.7 Å². The van der Waals surface area contributed by atoms with Gasteiger partial charge >= 0.3 is 0 Å². The summed E-state index contributed by atoms with van der Waals surface area (Å²) in [4.78, 5) is 20.9. The van der Waals surface area contributed by atoms with Gasteiger partial charge in [-0.3, -0.25) is 9.78 Å². The lowest BCUT2D eigenvalue weighted by Crippen LogP contribution is -2.47. The van der Waals surface area contributed by atoms with Crippen LogP contribution in [0.2, 0.25) is 0 Å². The van der Waals surface area contributed by atoms with Gasteiger partial charge in [-0.05, 0) is 32.0 Å². The zero-order valence-corrected chi connectivity index (χ0v) is 12.7. The minimum Gasteiger partial charge on any atom is -0.382 e. The molecule has 1 N–H and O–H groups in total. The third-order valence-electron chi connectivity index (χ3n) is 4.50. The Hall–Kier alpha value is -1.62. The summed E-state index contributed by atoms with van der Waals surface area (Å²) >= 11 is 0. The van der Waals surface area contributed by atoms with Gasteiger partial charge in [0.2, 0.25) is 0 Å². The van der Waals surface area contributed by atoms with E-state index in [9.17, 15) is 4.79 Å². The molecule has 3 rings (SSSR count). The first kappa shape index (κ1) is 14.3. The molecule has 5 nitrogen and oxygen atoms in total. The summed E-state index contributed by atoms with van der Waals surface area (Å²) in [5.74, 6) is 0.0539. The number of rotatable bonds is 3. The van der Waals surface area contributed by atoms with Crippen LogP contribution in [-0.2, 0) is 0 Å². The molecule has 21 heavy (non-hydrogen) atoms. The first-order valence-electron chi connectivity index (χ1n) is 7.93. The van der Waals surface area contributed by atoms with Gasteiger partial charge in [-0.2, -0.15) is 0 Å². The molecule has 0 atom stereocenters. The Bertz CT molecular complexity index is 491. The summed E-state index contributed by atoms with van der Waals surface area (Å²) in [7, 11) is 2.09. The van der Waals surface area contributed by atoms with Crippen LogP contribution >= 0.6 is 0 Å². The molecule has 2 aliphatic rings. The molecule has 2 fully saturated rings. The Morgan fingerprint density at radius 3 is 2.67 bits per heavy atom. The summed E-state index contributed by atoms with van der Waals surface area (Å²) in [6.07, 6.45) is 6.79. The zero-order chi connectivity index (χ0) is 14.7. The minimum absolute atomic E-state index is 0.0539. The van der Waals surface area contributed by atoms with Crippen LogP contribution < -0.4 is 5.32 Å². The lowest BCUT2D eigenvalue weighted by atomic mass is 10.2. The van der Waals surface area contributed by atoms with Crippen molar-refractivity contribution >= 4 is 11.6 Å². The smallest absolute Gasteiger partial charge is 0.272 e. The second-order valence-electron chi connectivity index (χ2n) is 6.15. The van der Waals surface area contributed by atoms with Crippen LogP contribution in [0.5, 0.6) is 0 Å². The third-order valence-corrected chi connectivity index (χ3v) is 4.50. The van der Waals surface area contributed by atoms with Gasteiger partial charge in [0.25, 0.3) is 5.91 Å². The van der Waals surface area contributed by atoms with Gasteiger partial charge in [0.05, 0.1) is 0 Å². The fourth-order valence-corrected chi connectivity index (χ4v) is 3.11. The van der Waals surface area contributed by atoms with Crippen molar-refractivity contribution in [2.24, 2.45) is 0 Å². The quantitative estimate of drug-likeness (QED) is 0.922. The topological polar surface area (TPSA) is 48.5 Å². The molecule has 1 saturated heterocycles. The first-order chi connectivity index (χ1) is 10.2. The van der Waals surface area contributed by atoms with Crippen LogP contribution in [0.25, 0.3) is 0 Å². The molecule has 0 bridgehead atoms. The van der Waals surface area contributed by atoms with Gasteiger partial charge < -0.3 is 15.1 Å². The molecule has 1 aliphatic carbocycles. The van der Waals surface area contributed by atoms with E-state index < -0.39 is 0 Å². The van der Waals surface area contributed by atoms with E-state index in [1.165, 1.54) is 25.7 Å². The van der Waals surface area contributed by atoms with Crippen LogP contribution in [0.15, 0.2) is 18.3 Å². The highest BCUT2D eigenvalue weighted by Crippen LogP contribution is 2.22. The number of carbonyl (C=O) groups is 1. The average molecular weight is 288 g/mol. The van der Waals surface area contributed by atoms with E-state index in [-0.39, 0.29) is 5.91 Å². The van der Waals surface area contributed by atoms with E-state index in [1.54, 1.807) is 6.20 Å². The molecule has 1 aromatic rings. The largest absolute Gasteiger partial charge is 0.382 e. The number of hydrogen-bond acceptors (Lipinski definition) is 4. The summed E-state index contributed by atoms with van der Waals surface area (Å²) in [5.41, 5.74) is 1.58. The molecule has 0 spiro atoms. The van der Waals surface area contributed by atoms with Crippen LogP contribution in [0.1, 0.15) is 36.2 Å². The van der Waals surface area contributed by atoms with Crippen molar-refractivity contribution in [2.75, 3.05) is 38.5 Å². The number of anilines is 1. The number of nitrogens with one attached hydrogen (secondary N) is 1. The Balaban J connectivity index is 1.65. The van der Waals surface area contributed by atoms with E-state index in [2.05, 4.69) is 22.2 Å². The molecule has 1 aromatic heterocycles. The minimum atomic E-state index is 0.0539. The van der Waals surface area contributed by atoms with Crippen molar-refractivity contribution in [3.8, 4) is 0 Å². The maximum absolute atomic E-state index is 12.5. The number of amides is 1. The van der Waals surface area contributed by atoms with E-state index in [1.807, 2.05) is 17.0 Å². The van der Waals surface area contributed by atoms with Crippen molar-refractivity contribution in [3.63, 3.8) is 0 Å². The van der Waals surface area contributed by atoms with Crippen molar-refractivity contribution in [3.05, 3.63) is 24.0 Å².